The lowest BCUT2D eigenvalue weighted by atomic mass is 10.0. The van der Waals surface area contributed by atoms with Crippen molar-refractivity contribution in [1.29, 1.82) is 0 Å². The Balaban J connectivity index is 1.71. The van der Waals surface area contributed by atoms with E-state index in [4.69, 9.17) is 0 Å². The van der Waals surface area contributed by atoms with Crippen LogP contribution in [0.3, 0.4) is 0 Å². The van der Waals surface area contributed by atoms with Crippen LogP contribution in [-0.2, 0) is 6.42 Å². The van der Waals surface area contributed by atoms with Crippen LogP contribution in [0.1, 0.15) is 50.2 Å². The number of likely N-dealkylation sites (tertiary alicyclic amines) is 1. The van der Waals surface area contributed by atoms with E-state index in [2.05, 4.69) is 53.3 Å². The van der Waals surface area contributed by atoms with E-state index in [9.17, 15) is 0 Å². The van der Waals surface area contributed by atoms with Crippen LogP contribution < -0.4 is 5.32 Å². The fraction of sp³-hybridized carbons (Fsp3) is 0.611. The molecular formula is C18H29N3. The monoisotopic (exact) mass is 287 g/mol. The number of guanidine groups is 1. The van der Waals surface area contributed by atoms with Crippen molar-refractivity contribution < 1.29 is 0 Å². The molecule has 0 radical (unpaired) electrons. The summed E-state index contributed by atoms with van der Waals surface area (Å²) in [5, 5.41) is 3.49. The molecule has 1 N–H and O–H groups in total. The standard InChI is InChI=1S/C18H29N3/c1-15(2)17-10-8-16(9-11-17)7-6-12-20-18(19-3)21-13-4-5-14-21/h8-11,15H,4-7,12-14H2,1-3H3,(H,19,20). The van der Waals surface area contributed by atoms with Gasteiger partial charge in [-0.25, -0.2) is 0 Å². The third-order valence-corrected chi connectivity index (χ3v) is 4.19. The summed E-state index contributed by atoms with van der Waals surface area (Å²) in [5.74, 6) is 1.69. The zero-order valence-electron chi connectivity index (χ0n) is 13.7. The van der Waals surface area contributed by atoms with Crippen LogP contribution in [0.25, 0.3) is 0 Å². The highest BCUT2D eigenvalue weighted by Crippen LogP contribution is 2.15. The first-order valence-corrected chi connectivity index (χ1v) is 8.25. The van der Waals surface area contributed by atoms with Crippen molar-refractivity contribution in [1.82, 2.24) is 10.2 Å². The average molecular weight is 287 g/mol. The second kappa shape index (κ2) is 8.06. The first kappa shape index (κ1) is 15.9. The Kier molecular flexibility index (Phi) is 6.09. The Morgan fingerprint density at radius 3 is 2.43 bits per heavy atom. The maximum atomic E-state index is 4.38. The minimum Gasteiger partial charge on any atom is -0.356 e. The zero-order chi connectivity index (χ0) is 15.1. The predicted molar refractivity (Wildman–Crippen MR) is 91.0 cm³/mol. The molecule has 1 fully saturated rings. The number of nitrogens with zero attached hydrogens (tertiary/aromatic N) is 2. The summed E-state index contributed by atoms with van der Waals surface area (Å²) >= 11 is 0. The van der Waals surface area contributed by atoms with Crippen LogP contribution in [0.2, 0.25) is 0 Å². The molecule has 0 aromatic heterocycles. The van der Waals surface area contributed by atoms with Gasteiger partial charge in [-0.1, -0.05) is 38.1 Å². The number of hydrogen-bond acceptors (Lipinski definition) is 1. The van der Waals surface area contributed by atoms with Crippen molar-refractivity contribution in [3.8, 4) is 0 Å². The Labute approximate surface area is 129 Å². The summed E-state index contributed by atoms with van der Waals surface area (Å²) in [6, 6.07) is 9.06. The van der Waals surface area contributed by atoms with Crippen molar-refractivity contribution in [2.24, 2.45) is 4.99 Å². The highest BCUT2D eigenvalue weighted by Gasteiger charge is 2.14. The van der Waals surface area contributed by atoms with Crippen LogP contribution in [0.15, 0.2) is 29.3 Å². The molecule has 0 saturated carbocycles. The molecule has 0 unspecified atom stereocenters. The highest BCUT2D eigenvalue weighted by atomic mass is 15.3. The summed E-state index contributed by atoms with van der Waals surface area (Å²) in [6.07, 6.45) is 4.86. The number of benzene rings is 1. The van der Waals surface area contributed by atoms with Gasteiger partial charge in [-0.2, -0.15) is 0 Å². The number of rotatable bonds is 5. The second-order valence-corrected chi connectivity index (χ2v) is 6.17. The largest absolute Gasteiger partial charge is 0.356 e. The predicted octanol–water partition coefficient (Wildman–Crippen LogP) is 3.41. The van der Waals surface area contributed by atoms with Crippen LogP contribution in [0.5, 0.6) is 0 Å². The van der Waals surface area contributed by atoms with E-state index in [0.29, 0.717) is 5.92 Å². The van der Waals surface area contributed by atoms with Crippen LogP contribution >= 0.6 is 0 Å². The second-order valence-electron chi connectivity index (χ2n) is 6.17. The van der Waals surface area contributed by atoms with E-state index in [1.54, 1.807) is 0 Å². The Morgan fingerprint density at radius 1 is 1.19 bits per heavy atom. The number of nitrogens with one attached hydrogen (secondary N) is 1. The minimum absolute atomic E-state index is 0.615. The van der Waals surface area contributed by atoms with Gasteiger partial charge in [0, 0.05) is 26.7 Å². The normalized spacial score (nSPS) is 15.8. The molecule has 1 saturated heterocycles. The van der Waals surface area contributed by atoms with Crippen LogP contribution in [-0.4, -0.2) is 37.5 Å². The van der Waals surface area contributed by atoms with E-state index in [1.807, 2.05) is 7.05 Å². The zero-order valence-corrected chi connectivity index (χ0v) is 13.7. The summed E-state index contributed by atoms with van der Waals surface area (Å²) in [5.41, 5.74) is 2.85. The van der Waals surface area contributed by atoms with Crippen molar-refractivity contribution in [2.75, 3.05) is 26.7 Å². The van der Waals surface area contributed by atoms with Gasteiger partial charge in [0.1, 0.15) is 0 Å². The summed E-state index contributed by atoms with van der Waals surface area (Å²) < 4.78 is 0. The molecule has 1 aromatic rings. The first-order valence-electron chi connectivity index (χ1n) is 8.25. The smallest absolute Gasteiger partial charge is 0.193 e. The number of aryl methyl sites for hydroxylation is 1. The fourth-order valence-electron chi connectivity index (χ4n) is 2.82. The summed E-state index contributed by atoms with van der Waals surface area (Å²) in [6.45, 7) is 7.77. The van der Waals surface area contributed by atoms with Crippen LogP contribution in [0, 0.1) is 0 Å². The lowest BCUT2D eigenvalue weighted by Crippen LogP contribution is -2.40. The quantitative estimate of drug-likeness (QED) is 0.510. The van der Waals surface area contributed by atoms with E-state index in [1.165, 1.54) is 24.0 Å². The third-order valence-electron chi connectivity index (χ3n) is 4.19. The molecule has 21 heavy (non-hydrogen) atoms. The molecule has 1 aliphatic rings. The van der Waals surface area contributed by atoms with Gasteiger partial charge in [0.15, 0.2) is 5.96 Å². The van der Waals surface area contributed by atoms with Crippen molar-refractivity contribution in [3.63, 3.8) is 0 Å². The lowest BCUT2D eigenvalue weighted by Gasteiger charge is -2.20. The van der Waals surface area contributed by atoms with Gasteiger partial charge in [0.25, 0.3) is 0 Å². The molecule has 0 bridgehead atoms. The number of hydrogen-bond donors (Lipinski definition) is 1. The first-order chi connectivity index (χ1) is 10.2. The topological polar surface area (TPSA) is 27.6 Å². The van der Waals surface area contributed by atoms with E-state index >= 15 is 0 Å². The fourth-order valence-corrected chi connectivity index (χ4v) is 2.82. The molecule has 1 aliphatic heterocycles. The van der Waals surface area contributed by atoms with Gasteiger partial charge in [-0.05, 0) is 42.7 Å². The van der Waals surface area contributed by atoms with Crippen molar-refractivity contribution in [3.05, 3.63) is 35.4 Å². The van der Waals surface area contributed by atoms with Crippen molar-refractivity contribution in [2.45, 2.75) is 45.4 Å². The average Bonchev–Trinajstić information content (AvgIpc) is 3.02. The summed E-state index contributed by atoms with van der Waals surface area (Å²) in [4.78, 5) is 6.74. The molecule has 1 aromatic carbocycles. The minimum atomic E-state index is 0.615. The third kappa shape index (κ3) is 4.76. The Morgan fingerprint density at radius 2 is 1.86 bits per heavy atom. The molecule has 3 nitrogen and oxygen atoms in total. The molecule has 0 aliphatic carbocycles. The maximum Gasteiger partial charge on any atom is 0.193 e. The van der Waals surface area contributed by atoms with E-state index in [0.717, 1.165) is 38.4 Å². The van der Waals surface area contributed by atoms with Crippen LogP contribution in [0.4, 0.5) is 0 Å². The van der Waals surface area contributed by atoms with Gasteiger partial charge in [-0.15, -0.1) is 0 Å². The SMILES string of the molecule is CN=C(NCCCc1ccc(C(C)C)cc1)N1CCCC1. The van der Waals surface area contributed by atoms with E-state index in [-0.39, 0.29) is 0 Å². The highest BCUT2D eigenvalue weighted by molar-refractivity contribution is 5.80. The molecular weight excluding hydrogens is 258 g/mol. The lowest BCUT2D eigenvalue weighted by molar-refractivity contribution is 0.492. The van der Waals surface area contributed by atoms with Gasteiger partial charge in [-0.3, -0.25) is 4.99 Å². The van der Waals surface area contributed by atoms with Gasteiger partial charge in [0.2, 0.25) is 0 Å². The molecule has 116 valence electrons. The molecule has 0 atom stereocenters. The van der Waals surface area contributed by atoms with Gasteiger partial charge in [0.05, 0.1) is 0 Å². The summed E-state index contributed by atoms with van der Waals surface area (Å²) in [7, 11) is 1.88. The molecule has 3 heteroatoms. The number of aliphatic imine (C=N–C) groups is 1. The molecule has 0 spiro atoms. The van der Waals surface area contributed by atoms with Crippen molar-refractivity contribution >= 4 is 5.96 Å². The Bertz CT molecular complexity index is 442. The molecule has 2 rings (SSSR count). The Hall–Kier alpha value is -1.51. The van der Waals surface area contributed by atoms with Gasteiger partial charge >= 0.3 is 0 Å². The molecule has 1 heterocycles. The van der Waals surface area contributed by atoms with Gasteiger partial charge < -0.3 is 10.2 Å². The van der Waals surface area contributed by atoms with E-state index < -0.39 is 0 Å². The maximum absolute atomic E-state index is 4.38. The molecule has 0 amide bonds.